The van der Waals surface area contributed by atoms with E-state index < -0.39 is 6.10 Å². The molecule has 0 saturated carbocycles. The van der Waals surface area contributed by atoms with Gasteiger partial charge in [-0.25, -0.2) is 0 Å². The Hall–Kier alpha value is -1.19. The standard InChI is InChI=1S/C11H14O3/c1-10(7-12)14-9-13-8-11-5-3-2-4-6-11/h2-7,10H,8-9H2,1H3. The van der Waals surface area contributed by atoms with E-state index in [0.717, 1.165) is 11.8 Å². The fourth-order valence-corrected chi connectivity index (χ4v) is 0.928. The first-order valence-electron chi connectivity index (χ1n) is 4.51. The molecule has 0 amide bonds. The van der Waals surface area contributed by atoms with Crippen LogP contribution in [-0.2, 0) is 20.9 Å². The highest BCUT2D eigenvalue weighted by Gasteiger charge is 1.97. The summed E-state index contributed by atoms with van der Waals surface area (Å²) in [7, 11) is 0. The molecule has 76 valence electrons. The van der Waals surface area contributed by atoms with Gasteiger partial charge in [-0.1, -0.05) is 30.3 Å². The Kier molecular flexibility index (Phi) is 4.89. The minimum Gasteiger partial charge on any atom is -0.351 e. The van der Waals surface area contributed by atoms with E-state index in [4.69, 9.17) is 9.47 Å². The minimum absolute atomic E-state index is 0.148. The number of rotatable bonds is 6. The molecule has 0 fully saturated rings. The van der Waals surface area contributed by atoms with E-state index >= 15 is 0 Å². The Labute approximate surface area is 83.6 Å². The fourth-order valence-electron chi connectivity index (χ4n) is 0.928. The van der Waals surface area contributed by atoms with Crippen molar-refractivity contribution < 1.29 is 14.3 Å². The van der Waals surface area contributed by atoms with Gasteiger partial charge < -0.3 is 14.3 Å². The molecule has 0 aliphatic heterocycles. The van der Waals surface area contributed by atoms with Crippen LogP contribution in [0.4, 0.5) is 0 Å². The van der Waals surface area contributed by atoms with E-state index in [9.17, 15) is 4.79 Å². The van der Waals surface area contributed by atoms with E-state index in [1.54, 1.807) is 6.92 Å². The molecule has 1 rings (SSSR count). The van der Waals surface area contributed by atoms with E-state index in [1.807, 2.05) is 30.3 Å². The quantitative estimate of drug-likeness (QED) is 0.393. The van der Waals surface area contributed by atoms with Crippen LogP contribution in [0, 0.1) is 0 Å². The molecule has 0 heterocycles. The van der Waals surface area contributed by atoms with Crippen LogP contribution in [0.2, 0.25) is 0 Å². The molecule has 0 saturated heterocycles. The Morgan fingerprint density at radius 2 is 2.07 bits per heavy atom. The second kappa shape index (κ2) is 6.29. The van der Waals surface area contributed by atoms with E-state index in [2.05, 4.69) is 0 Å². The topological polar surface area (TPSA) is 35.5 Å². The summed E-state index contributed by atoms with van der Waals surface area (Å²) in [6, 6.07) is 9.81. The smallest absolute Gasteiger partial charge is 0.148 e. The summed E-state index contributed by atoms with van der Waals surface area (Å²) in [5, 5.41) is 0. The Bertz CT molecular complexity index is 258. The SMILES string of the molecule is CC(C=O)OCOCc1ccccc1. The maximum atomic E-state index is 10.2. The molecule has 0 aliphatic rings. The fraction of sp³-hybridized carbons (Fsp3) is 0.364. The Morgan fingerprint density at radius 3 is 2.71 bits per heavy atom. The molecule has 1 unspecified atom stereocenters. The highest BCUT2D eigenvalue weighted by molar-refractivity contribution is 5.54. The number of ether oxygens (including phenoxy) is 2. The van der Waals surface area contributed by atoms with Crippen molar-refractivity contribution in [2.75, 3.05) is 6.79 Å². The molecular formula is C11H14O3. The highest BCUT2D eigenvalue weighted by Crippen LogP contribution is 2.00. The third-order valence-electron chi connectivity index (χ3n) is 1.72. The molecule has 1 atom stereocenters. The lowest BCUT2D eigenvalue weighted by Gasteiger charge is -2.07. The first-order valence-corrected chi connectivity index (χ1v) is 4.51. The number of benzene rings is 1. The lowest BCUT2D eigenvalue weighted by atomic mass is 10.2. The first-order chi connectivity index (χ1) is 6.83. The summed E-state index contributed by atoms with van der Waals surface area (Å²) in [4.78, 5) is 10.2. The molecule has 0 aliphatic carbocycles. The van der Waals surface area contributed by atoms with Gasteiger partial charge in [-0.3, -0.25) is 0 Å². The maximum absolute atomic E-state index is 10.2. The van der Waals surface area contributed by atoms with Crippen LogP contribution in [0.5, 0.6) is 0 Å². The Morgan fingerprint density at radius 1 is 1.36 bits per heavy atom. The molecule has 0 aromatic heterocycles. The zero-order valence-electron chi connectivity index (χ0n) is 8.18. The minimum atomic E-state index is -0.397. The molecule has 0 N–H and O–H groups in total. The third-order valence-corrected chi connectivity index (χ3v) is 1.72. The van der Waals surface area contributed by atoms with Crippen molar-refractivity contribution in [2.24, 2.45) is 0 Å². The second-order valence-corrected chi connectivity index (χ2v) is 2.96. The van der Waals surface area contributed by atoms with Crippen LogP contribution in [-0.4, -0.2) is 19.2 Å². The number of aldehydes is 1. The van der Waals surface area contributed by atoms with Crippen LogP contribution in [0.3, 0.4) is 0 Å². The summed E-state index contributed by atoms with van der Waals surface area (Å²) in [6.45, 7) is 2.33. The second-order valence-electron chi connectivity index (χ2n) is 2.96. The van der Waals surface area contributed by atoms with Gasteiger partial charge in [-0.15, -0.1) is 0 Å². The average molecular weight is 194 g/mol. The van der Waals surface area contributed by atoms with Crippen molar-refractivity contribution >= 4 is 6.29 Å². The predicted octanol–water partition coefficient (Wildman–Crippen LogP) is 1.76. The van der Waals surface area contributed by atoms with Crippen LogP contribution in [0.15, 0.2) is 30.3 Å². The summed E-state index contributed by atoms with van der Waals surface area (Å²) in [5.74, 6) is 0. The third kappa shape index (κ3) is 4.16. The lowest BCUT2D eigenvalue weighted by Crippen LogP contribution is -2.12. The van der Waals surface area contributed by atoms with Crippen LogP contribution in [0.1, 0.15) is 12.5 Å². The molecule has 0 bridgehead atoms. The van der Waals surface area contributed by atoms with Crippen LogP contribution in [0.25, 0.3) is 0 Å². The van der Waals surface area contributed by atoms with Gasteiger partial charge >= 0.3 is 0 Å². The summed E-state index contributed by atoms with van der Waals surface area (Å²) in [5.41, 5.74) is 1.09. The monoisotopic (exact) mass is 194 g/mol. The van der Waals surface area contributed by atoms with Gasteiger partial charge in [0.05, 0.1) is 6.61 Å². The molecule has 14 heavy (non-hydrogen) atoms. The van der Waals surface area contributed by atoms with Crippen molar-refractivity contribution in [1.29, 1.82) is 0 Å². The van der Waals surface area contributed by atoms with Gasteiger partial charge in [0.1, 0.15) is 19.2 Å². The summed E-state index contributed by atoms with van der Waals surface area (Å²) in [6.07, 6.45) is 0.345. The lowest BCUT2D eigenvalue weighted by molar-refractivity contribution is -0.129. The largest absolute Gasteiger partial charge is 0.351 e. The van der Waals surface area contributed by atoms with Gasteiger partial charge in [-0.05, 0) is 12.5 Å². The number of carbonyl (C=O) groups is 1. The van der Waals surface area contributed by atoms with Crippen molar-refractivity contribution in [1.82, 2.24) is 0 Å². The normalized spacial score (nSPS) is 12.4. The Balaban J connectivity index is 2.13. The van der Waals surface area contributed by atoms with Gasteiger partial charge in [-0.2, -0.15) is 0 Å². The number of hydrogen-bond acceptors (Lipinski definition) is 3. The van der Waals surface area contributed by atoms with Crippen LogP contribution >= 0.6 is 0 Å². The van der Waals surface area contributed by atoms with E-state index in [0.29, 0.717) is 6.61 Å². The average Bonchev–Trinajstić information content (AvgIpc) is 2.25. The maximum Gasteiger partial charge on any atom is 0.148 e. The van der Waals surface area contributed by atoms with Crippen molar-refractivity contribution in [3.05, 3.63) is 35.9 Å². The van der Waals surface area contributed by atoms with Gasteiger partial charge in [0.2, 0.25) is 0 Å². The zero-order valence-corrected chi connectivity index (χ0v) is 8.18. The number of hydrogen-bond donors (Lipinski definition) is 0. The van der Waals surface area contributed by atoms with E-state index in [1.165, 1.54) is 0 Å². The molecule has 1 aromatic carbocycles. The molecule has 1 aromatic rings. The van der Waals surface area contributed by atoms with Gasteiger partial charge in [0, 0.05) is 0 Å². The zero-order chi connectivity index (χ0) is 10.2. The molecule has 3 heteroatoms. The highest BCUT2D eigenvalue weighted by atomic mass is 16.7. The predicted molar refractivity (Wildman–Crippen MR) is 52.7 cm³/mol. The summed E-state index contributed by atoms with van der Waals surface area (Å²) < 4.78 is 10.2. The van der Waals surface area contributed by atoms with Gasteiger partial charge in [0.15, 0.2) is 0 Å². The van der Waals surface area contributed by atoms with Crippen molar-refractivity contribution in [2.45, 2.75) is 19.6 Å². The number of carbonyl (C=O) groups excluding carboxylic acids is 1. The van der Waals surface area contributed by atoms with Crippen molar-refractivity contribution in [3.8, 4) is 0 Å². The molecular weight excluding hydrogens is 180 g/mol. The van der Waals surface area contributed by atoms with E-state index in [-0.39, 0.29) is 6.79 Å². The van der Waals surface area contributed by atoms with Crippen LogP contribution < -0.4 is 0 Å². The molecule has 3 nitrogen and oxygen atoms in total. The van der Waals surface area contributed by atoms with Gasteiger partial charge in [0.25, 0.3) is 0 Å². The van der Waals surface area contributed by atoms with Crippen molar-refractivity contribution in [3.63, 3.8) is 0 Å². The molecule has 0 radical (unpaired) electrons. The first kappa shape index (κ1) is 10.9. The molecule has 0 spiro atoms. The summed E-state index contributed by atoms with van der Waals surface area (Å²) >= 11 is 0.